The molecule has 2 unspecified atom stereocenters. The number of rotatable bonds is 7. The van der Waals surface area contributed by atoms with E-state index >= 15 is 0 Å². The van der Waals surface area contributed by atoms with E-state index in [4.69, 9.17) is 4.74 Å². The molecule has 1 aliphatic heterocycles. The summed E-state index contributed by atoms with van der Waals surface area (Å²) in [5.74, 6) is 0.510. The van der Waals surface area contributed by atoms with E-state index in [0.717, 1.165) is 39.1 Å². The number of ether oxygens (including phenoxy) is 1. The van der Waals surface area contributed by atoms with E-state index < -0.39 is 0 Å². The summed E-state index contributed by atoms with van der Waals surface area (Å²) in [6.07, 6.45) is 5.97. The van der Waals surface area contributed by atoms with E-state index in [1.807, 2.05) is 30.8 Å². The van der Waals surface area contributed by atoms with Crippen molar-refractivity contribution in [1.82, 2.24) is 14.5 Å². The molecule has 1 aliphatic rings. The Hall–Kier alpha value is -1.07. The molecule has 1 aromatic heterocycles. The maximum Gasteiger partial charge on any atom is 0.328 e. The summed E-state index contributed by atoms with van der Waals surface area (Å²) in [4.78, 5) is 12.3. The third-order valence-corrected chi connectivity index (χ3v) is 4.01. The van der Waals surface area contributed by atoms with E-state index in [2.05, 4.69) is 12.2 Å². The molecular formula is C15H27N3O2. The van der Waals surface area contributed by atoms with Gasteiger partial charge in [0.25, 0.3) is 0 Å². The smallest absolute Gasteiger partial charge is 0.328 e. The molecule has 0 aliphatic carbocycles. The number of nitrogens with one attached hydrogen (secondary N) is 1. The van der Waals surface area contributed by atoms with Crippen molar-refractivity contribution in [1.29, 1.82) is 0 Å². The molecule has 0 radical (unpaired) electrons. The zero-order valence-corrected chi connectivity index (χ0v) is 12.8. The highest BCUT2D eigenvalue weighted by Gasteiger charge is 2.26. The first kappa shape index (κ1) is 15.3. The molecule has 0 amide bonds. The fourth-order valence-corrected chi connectivity index (χ4v) is 2.75. The van der Waals surface area contributed by atoms with E-state index in [1.165, 1.54) is 0 Å². The van der Waals surface area contributed by atoms with Gasteiger partial charge >= 0.3 is 5.69 Å². The first-order valence-electron chi connectivity index (χ1n) is 7.71. The highest BCUT2D eigenvalue weighted by atomic mass is 16.5. The van der Waals surface area contributed by atoms with Gasteiger partial charge in [-0.05, 0) is 33.2 Å². The molecule has 5 heteroatoms. The lowest BCUT2D eigenvalue weighted by Gasteiger charge is -2.24. The SMILES string of the molecule is CCCNC(Cn1ccn(C(C)C)c1=O)C1CCOC1. The van der Waals surface area contributed by atoms with Crippen molar-refractivity contribution in [3.05, 3.63) is 22.9 Å². The molecule has 2 heterocycles. The maximum atomic E-state index is 12.3. The Kier molecular flexibility index (Phi) is 5.43. The van der Waals surface area contributed by atoms with Gasteiger partial charge in [-0.3, -0.25) is 9.13 Å². The van der Waals surface area contributed by atoms with Crippen molar-refractivity contribution in [2.75, 3.05) is 19.8 Å². The first-order chi connectivity index (χ1) is 9.63. The Bertz CT molecular complexity index is 458. The van der Waals surface area contributed by atoms with Crippen molar-refractivity contribution < 1.29 is 4.74 Å². The van der Waals surface area contributed by atoms with Gasteiger partial charge in [-0.1, -0.05) is 6.92 Å². The molecule has 5 nitrogen and oxygen atoms in total. The molecule has 2 atom stereocenters. The van der Waals surface area contributed by atoms with Crippen molar-refractivity contribution in [3.8, 4) is 0 Å². The van der Waals surface area contributed by atoms with Crippen LogP contribution in [0, 0.1) is 5.92 Å². The molecule has 0 bridgehead atoms. The normalized spacial score (nSPS) is 20.7. The minimum absolute atomic E-state index is 0.0854. The van der Waals surface area contributed by atoms with Crippen LogP contribution in [0.15, 0.2) is 17.2 Å². The number of hydrogen-bond donors (Lipinski definition) is 1. The average Bonchev–Trinajstić information content (AvgIpc) is 3.04. The minimum atomic E-state index is 0.0854. The van der Waals surface area contributed by atoms with Crippen LogP contribution in [-0.4, -0.2) is 34.9 Å². The van der Waals surface area contributed by atoms with Gasteiger partial charge in [0.15, 0.2) is 0 Å². The lowest BCUT2D eigenvalue weighted by Crippen LogP contribution is -2.42. The predicted molar refractivity (Wildman–Crippen MR) is 80.1 cm³/mol. The Morgan fingerprint density at radius 3 is 2.80 bits per heavy atom. The summed E-state index contributed by atoms with van der Waals surface area (Å²) in [6.45, 7) is 9.59. The highest BCUT2D eigenvalue weighted by Crippen LogP contribution is 2.18. The van der Waals surface area contributed by atoms with E-state index in [9.17, 15) is 4.79 Å². The highest BCUT2D eigenvalue weighted by molar-refractivity contribution is 4.87. The first-order valence-corrected chi connectivity index (χ1v) is 7.71. The molecule has 1 N–H and O–H groups in total. The van der Waals surface area contributed by atoms with Gasteiger partial charge in [0.05, 0.1) is 6.61 Å². The Labute approximate surface area is 120 Å². The molecule has 1 aromatic rings. The molecule has 1 saturated heterocycles. The monoisotopic (exact) mass is 281 g/mol. The quantitative estimate of drug-likeness (QED) is 0.826. The van der Waals surface area contributed by atoms with Crippen molar-refractivity contribution in [2.24, 2.45) is 5.92 Å². The molecule has 0 spiro atoms. The molecule has 0 saturated carbocycles. The molecule has 20 heavy (non-hydrogen) atoms. The van der Waals surface area contributed by atoms with E-state index in [0.29, 0.717) is 12.0 Å². The maximum absolute atomic E-state index is 12.3. The van der Waals surface area contributed by atoms with Crippen LogP contribution < -0.4 is 11.0 Å². The molecule has 2 rings (SSSR count). The van der Waals surface area contributed by atoms with Crippen LogP contribution in [0.2, 0.25) is 0 Å². The van der Waals surface area contributed by atoms with Crippen LogP contribution >= 0.6 is 0 Å². The van der Waals surface area contributed by atoms with E-state index in [-0.39, 0.29) is 11.7 Å². The second-order valence-corrected chi connectivity index (χ2v) is 5.92. The topological polar surface area (TPSA) is 48.2 Å². The Morgan fingerprint density at radius 1 is 1.45 bits per heavy atom. The van der Waals surface area contributed by atoms with Crippen LogP contribution in [0.1, 0.15) is 39.7 Å². The Balaban J connectivity index is 2.08. The van der Waals surface area contributed by atoms with Gasteiger partial charge < -0.3 is 10.1 Å². The van der Waals surface area contributed by atoms with E-state index in [1.54, 1.807) is 4.57 Å². The fraction of sp³-hybridized carbons (Fsp3) is 0.800. The number of imidazole rings is 1. The fourth-order valence-electron chi connectivity index (χ4n) is 2.75. The summed E-state index contributed by atoms with van der Waals surface area (Å²) < 4.78 is 9.10. The van der Waals surface area contributed by atoms with Crippen LogP contribution in [0.3, 0.4) is 0 Å². The van der Waals surface area contributed by atoms with Crippen LogP contribution in [0.25, 0.3) is 0 Å². The van der Waals surface area contributed by atoms with Gasteiger partial charge in [-0.15, -0.1) is 0 Å². The zero-order chi connectivity index (χ0) is 14.5. The van der Waals surface area contributed by atoms with Crippen LogP contribution in [0.5, 0.6) is 0 Å². The summed E-state index contributed by atoms with van der Waals surface area (Å²) in [5, 5.41) is 3.58. The van der Waals surface area contributed by atoms with Crippen molar-refractivity contribution >= 4 is 0 Å². The second kappa shape index (κ2) is 7.09. The summed E-state index contributed by atoms with van der Waals surface area (Å²) in [7, 11) is 0. The number of aromatic nitrogens is 2. The standard InChI is InChI=1S/C15H27N3O2/c1-4-6-16-14(13-5-9-20-11-13)10-17-7-8-18(12(2)3)15(17)19/h7-8,12-14,16H,4-6,9-11H2,1-3H3. The molecule has 114 valence electrons. The van der Waals surface area contributed by atoms with Gasteiger partial charge in [0.1, 0.15) is 0 Å². The van der Waals surface area contributed by atoms with Crippen molar-refractivity contribution in [2.45, 2.75) is 52.2 Å². The molecule has 0 aromatic carbocycles. The molecule has 1 fully saturated rings. The summed E-state index contributed by atoms with van der Waals surface area (Å²) in [6, 6.07) is 0.527. The number of hydrogen-bond acceptors (Lipinski definition) is 3. The Morgan fingerprint density at radius 2 is 2.25 bits per heavy atom. The van der Waals surface area contributed by atoms with Gasteiger partial charge in [0.2, 0.25) is 0 Å². The number of nitrogens with zero attached hydrogens (tertiary/aromatic N) is 2. The third-order valence-electron chi connectivity index (χ3n) is 4.01. The van der Waals surface area contributed by atoms with Crippen LogP contribution in [0.4, 0.5) is 0 Å². The summed E-state index contributed by atoms with van der Waals surface area (Å²) in [5.41, 5.74) is 0.0854. The summed E-state index contributed by atoms with van der Waals surface area (Å²) >= 11 is 0. The van der Waals surface area contributed by atoms with Crippen molar-refractivity contribution in [3.63, 3.8) is 0 Å². The van der Waals surface area contributed by atoms with Gasteiger partial charge in [-0.2, -0.15) is 0 Å². The van der Waals surface area contributed by atoms with Gasteiger partial charge in [-0.25, -0.2) is 4.79 Å². The molecular weight excluding hydrogens is 254 g/mol. The average molecular weight is 281 g/mol. The van der Waals surface area contributed by atoms with Crippen LogP contribution in [-0.2, 0) is 11.3 Å². The minimum Gasteiger partial charge on any atom is -0.381 e. The third kappa shape index (κ3) is 3.52. The largest absolute Gasteiger partial charge is 0.381 e. The second-order valence-electron chi connectivity index (χ2n) is 5.92. The zero-order valence-electron chi connectivity index (χ0n) is 12.8. The lowest BCUT2D eigenvalue weighted by atomic mass is 9.99. The predicted octanol–water partition coefficient (Wildman–Crippen LogP) is 1.64. The lowest BCUT2D eigenvalue weighted by molar-refractivity contribution is 0.173. The van der Waals surface area contributed by atoms with Gasteiger partial charge in [0, 0.05) is 43.5 Å².